The van der Waals surface area contributed by atoms with Crippen molar-refractivity contribution in [2.75, 3.05) is 13.6 Å². The fourth-order valence-electron chi connectivity index (χ4n) is 1.90. The summed E-state index contributed by atoms with van der Waals surface area (Å²) >= 11 is 0. The molecule has 0 spiro atoms. The van der Waals surface area contributed by atoms with Gasteiger partial charge in [0.2, 0.25) is 0 Å². The summed E-state index contributed by atoms with van der Waals surface area (Å²) in [4.78, 5) is 22.3. The minimum atomic E-state index is -0.250. The summed E-state index contributed by atoms with van der Waals surface area (Å²) in [6.45, 7) is 6.22. The van der Waals surface area contributed by atoms with Gasteiger partial charge >= 0.3 is 0 Å². The van der Waals surface area contributed by atoms with Crippen molar-refractivity contribution in [3.8, 4) is 5.82 Å². The van der Waals surface area contributed by atoms with Gasteiger partial charge in [0.25, 0.3) is 5.91 Å². The van der Waals surface area contributed by atoms with Crippen LogP contribution in [0.1, 0.15) is 41.9 Å². The third-order valence-electron chi connectivity index (χ3n) is 3.18. The molecule has 0 saturated heterocycles. The van der Waals surface area contributed by atoms with E-state index in [4.69, 9.17) is 5.73 Å². The molecule has 0 unspecified atom stereocenters. The monoisotopic (exact) mass is 324 g/mol. The normalized spacial score (nSPS) is 11.7. The highest BCUT2D eigenvalue weighted by molar-refractivity contribution is 5.93. The Bertz CT molecular complexity index is 637. The van der Waals surface area contributed by atoms with E-state index in [1.807, 2.05) is 13.8 Å². The van der Waals surface area contributed by atoms with Gasteiger partial charge in [-0.2, -0.15) is 4.68 Å². The molecule has 2 rings (SSSR count). The summed E-state index contributed by atoms with van der Waals surface area (Å²) in [5.74, 6) is 1.82. The second-order valence-corrected chi connectivity index (χ2v) is 4.94. The molecule has 2 aromatic rings. The summed E-state index contributed by atoms with van der Waals surface area (Å²) < 4.78 is 1.61. The zero-order chi connectivity index (χ0) is 15.6. The zero-order valence-corrected chi connectivity index (χ0v) is 14.0. The van der Waals surface area contributed by atoms with Gasteiger partial charge in [0, 0.05) is 19.8 Å². The van der Waals surface area contributed by atoms with Crippen LogP contribution in [0.25, 0.3) is 5.82 Å². The molecular weight excluding hydrogens is 304 g/mol. The Morgan fingerprint density at radius 2 is 2.14 bits per heavy atom. The topological polar surface area (TPSA) is 89.9 Å². The van der Waals surface area contributed by atoms with E-state index in [2.05, 4.69) is 15.1 Å². The Balaban J connectivity index is 0.00000242. The van der Waals surface area contributed by atoms with Gasteiger partial charge in [-0.05, 0) is 32.9 Å². The van der Waals surface area contributed by atoms with E-state index in [9.17, 15) is 4.79 Å². The van der Waals surface area contributed by atoms with Crippen LogP contribution in [0.15, 0.2) is 18.3 Å². The summed E-state index contributed by atoms with van der Waals surface area (Å²) in [7, 11) is 1.76. The molecule has 2 aromatic heterocycles. The lowest BCUT2D eigenvalue weighted by Gasteiger charge is -2.14. The highest BCUT2D eigenvalue weighted by atomic mass is 35.5. The number of hydrogen-bond donors (Lipinski definition) is 1. The van der Waals surface area contributed by atoms with Crippen LogP contribution in [0.5, 0.6) is 0 Å². The van der Waals surface area contributed by atoms with E-state index < -0.39 is 0 Å². The molecule has 0 aliphatic carbocycles. The van der Waals surface area contributed by atoms with Crippen LogP contribution in [0, 0.1) is 6.92 Å². The maximum atomic E-state index is 12.0. The summed E-state index contributed by atoms with van der Waals surface area (Å²) in [5.41, 5.74) is 6.43. The first kappa shape index (κ1) is 18.1. The van der Waals surface area contributed by atoms with Crippen LogP contribution in [-0.4, -0.2) is 44.1 Å². The Hall–Kier alpha value is -1.99. The van der Waals surface area contributed by atoms with E-state index in [-0.39, 0.29) is 24.4 Å². The van der Waals surface area contributed by atoms with Gasteiger partial charge in [0.1, 0.15) is 5.82 Å². The lowest BCUT2D eigenvalue weighted by molar-refractivity contribution is 0.0802. The lowest BCUT2D eigenvalue weighted by atomic mass is 10.2. The first-order valence-electron chi connectivity index (χ1n) is 6.85. The summed E-state index contributed by atoms with van der Waals surface area (Å²) in [5, 5.41) is 4.30. The maximum absolute atomic E-state index is 12.0. The van der Waals surface area contributed by atoms with E-state index in [1.165, 1.54) is 0 Å². The average molecular weight is 325 g/mol. The Kier molecular flexibility index (Phi) is 6.01. The molecule has 2 N–H and O–H groups in total. The molecule has 0 aliphatic rings. The maximum Gasteiger partial charge on any atom is 0.255 e. The minimum Gasteiger partial charge on any atom is -0.342 e. The molecule has 2 heterocycles. The van der Waals surface area contributed by atoms with Gasteiger partial charge in [0.15, 0.2) is 11.6 Å². The van der Waals surface area contributed by atoms with Crippen molar-refractivity contribution >= 4 is 18.3 Å². The number of nitrogens with zero attached hydrogens (tertiary/aromatic N) is 5. The number of amides is 1. The molecule has 8 heteroatoms. The predicted molar refractivity (Wildman–Crippen MR) is 86.4 cm³/mol. The van der Waals surface area contributed by atoms with Crippen LogP contribution >= 0.6 is 12.4 Å². The SMILES string of the molecule is CCN(C)C(=O)c1ccc(-n2nc(C)nc2[C@H](C)N)nc1.Cl. The second kappa shape index (κ2) is 7.33. The summed E-state index contributed by atoms with van der Waals surface area (Å²) in [6, 6.07) is 3.23. The van der Waals surface area contributed by atoms with Crippen molar-refractivity contribution in [2.24, 2.45) is 5.73 Å². The highest BCUT2D eigenvalue weighted by Gasteiger charge is 2.15. The number of aromatic nitrogens is 4. The van der Waals surface area contributed by atoms with E-state index in [0.29, 0.717) is 29.6 Å². The van der Waals surface area contributed by atoms with E-state index in [1.54, 1.807) is 41.9 Å². The van der Waals surface area contributed by atoms with Gasteiger partial charge in [-0.1, -0.05) is 0 Å². The molecular formula is C14H21ClN6O. The number of carbonyl (C=O) groups excluding carboxylic acids is 1. The number of hydrogen-bond acceptors (Lipinski definition) is 5. The quantitative estimate of drug-likeness (QED) is 0.920. The molecule has 0 aromatic carbocycles. The molecule has 0 saturated carbocycles. The van der Waals surface area contributed by atoms with Crippen molar-refractivity contribution in [3.63, 3.8) is 0 Å². The predicted octanol–water partition coefficient (Wildman–Crippen LogP) is 1.50. The van der Waals surface area contributed by atoms with Gasteiger partial charge < -0.3 is 10.6 Å². The number of nitrogens with two attached hydrogens (primary N) is 1. The van der Waals surface area contributed by atoms with E-state index >= 15 is 0 Å². The Morgan fingerprint density at radius 1 is 1.45 bits per heavy atom. The van der Waals surface area contributed by atoms with Crippen molar-refractivity contribution in [1.29, 1.82) is 0 Å². The largest absolute Gasteiger partial charge is 0.342 e. The van der Waals surface area contributed by atoms with Crippen molar-refractivity contribution < 1.29 is 4.79 Å². The van der Waals surface area contributed by atoms with Gasteiger partial charge in [-0.25, -0.2) is 9.97 Å². The molecule has 0 bridgehead atoms. The van der Waals surface area contributed by atoms with Gasteiger partial charge in [-0.3, -0.25) is 4.79 Å². The second-order valence-electron chi connectivity index (χ2n) is 4.94. The van der Waals surface area contributed by atoms with Crippen LogP contribution in [0.2, 0.25) is 0 Å². The minimum absolute atomic E-state index is 0. The number of rotatable bonds is 4. The van der Waals surface area contributed by atoms with Crippen molar-refractivity contribution in [3.05, 3.63) is 35.5 Å². The number of aryl methyl sites for hydroxylation is 1. The molecule has 0 radical (unpaired) electrons. The first-order valence-corrected chi connectivity index (χ1v) is 6.85. The van der Waals surface area contributed by atoms with Crippen LogP contribution in [0.4, 0.5) is 0 Å². The Morgan fingerprint density at radius 3 is 2.64 bits per heavy atom. The molecule has 120 valence electrons. The Labute approximate surface area is 136 Å². The molecule has 1 atom stereocenters. The number of pyridine rings is 1. The number of carbonyl (C=O) groups is 1. The third-order valence-corrected chi connectivity index (χ3v) is 3.18. The summed E-state index contributed by atoms with van der Waals surface area (Å²) in [6.07, 6.45) is 1.55. The molecule has 7 nitrogen and oxygen atoms in total. The molecule has 1 amide bonds. The average Bonchev–Trinajstić information content (AvgIpc) is 2.88. The van der Waals surface area contributed by atoms with Crippen LogP contribution in [-0.2, 0) is 0 Å². The molecule has 0 fully saturated rings. The van der Waals surface area contributed by atoms with Crippen LogP contribution in [0.3, 0.4) is 0 Å². The van der Waals surface area contributed by atoms with E-state index in [0.717, 1.165) is 0 Å². The molecule has 0 aliphatic heterocycles. The van der Waals surface area contributed by atoms with Gasteiger partial charge in [-0.15, -0.1) is 17.5 Å². The number of halogens is 1. The fourth-order valence-corrected chi connectivity index (χ4v) is 1.90. The zero-order valence-electron chi connectivity index (χ0n) is 13.1. The van der Waals surface area contributed by atoms with Crippen molar-refractivity contribution in [2.45, 2.75) is 26.8 Å². The van der Waals surface area contributed by atoms with Gasteiger partial charge in [0.05, 0.1) is 11.6 Å². The smallest absolute Gasteiger partial charge is 0.255 e. The lowest BCUT2D eigenvalue weighted by Crippen LogP contribution is -2.26. The highest BCUT2D eigenvalue weighted by Crippen LogP contribution is 2.13. The molecule has 22 heavy (non-hydrogen) atoms. The van der Waals surface area contributed by atoms with Crippen LogP contribution < -0.4 is 5.73 Å². The fraction of sp³-hybridized carbons (Fsp3) is 0.429. The third kappa shape index (κ3) is 3.61. The standard InChI is InChI=1S/C14H20N6O.ClH/c1-5-19(4)14(21)11-6-7-12(16-8-11)20-13(9(2)15)17-10(3)18-20;/h6-9H,5,15H2,1-4H3;1H/t9-;/m0./s1. The van der Waals surface area contributed by atoms with Crippen molar-refractivity contribution in [1.82, 2.24) is 24.6 Å². The first-order chi connectivity index (χ1) is 9.93.